The molecule has 0 unspecified atom stereocenters. The van der Waals surface area contributed by atoms with Gasteiger partial charge in [0.25, 0.3) is 0 Å². The van der Waals surface area contributed by atoms with Gasteiger partial charge >= 0.3 is 0 Å². The molecule has 266 valence electrons. The van der Waals surface area contributed by atoms with E-state index >= 15 is 0 Å². The number of aliphatic hydroxyl groups excluding tert-OH is 2. The summed E-state index contributed by atoms with van der Waals surface area (Å²) in [6, 6.07) is -0.560. The molecule has 1 aromatic rings. The van der Waals surface area contributed by atoms with E-state index in [0.29, 0.717) is 68.4 Å². The minimum Gasteiger partial charge on any atom is -0.390 e. The van der Waals surface area contributed by atoms with Crippen LogP contribution in [0.25, 0.3) is 0 Å². The zero-order valence-electron chi connectivity index (χ0n) is 28.6. The second kappa shape index (κ2) is 19.0. The molecule has 12 heteroatoms. The second-order valence-electron chi connectivity index (χ2n) is 14.5. The number of nitrogens with zero attached hydrogens (tertiary/aromatic N) is 3. The average Bonchev–Trinajstić information content (AvgIpc) is 3.49. The highest BCUT2D eigenvalue weighted by molar-refractivity contribution is 7.13. The maximum absolute atomic E-state index is 14.9. The summed E-state index contributed by atoms with van der Waals surface area (Å²) in [6.45, 7) is 6.33. The Morgan fingerprint density at radius 2 is 1.68 bits per heavy atom. The lowest BCUT2D eigenvalue weighted by atomic mass is 9.80. The minimum atomic E-state index is -1.09. The predicted octanol–water partition coefficient (Wildman–Crippen LogP) is 3.76. The van der Waals surface area contributed by atoms with Crippen molar-refractivity contribution in [2.45, 2.75) is 122 Å². The van der Waals surface area contributed by atoms with Gasteiger partial charge in [-0.3, -0.25) is 14.4 Å². The summed E-state index contributed by atoms with van der Waals surface area (Å²) in [5.74, 6) is -0.672. The van der Waals surface area contributed by atoms with Crippen LogP contribution in [-0.2, 0) is 25.5 Å². The number of hydrogen-bond donors (Lipinski definition) is 4. The van der Waals surface area contributed by atoms with Gasteiger partial charge in [-0.25, -0.2) is 4.98 Å². The van der Waals surface area contributed by atoms with Gasteiger partial charge in [0.15, 0.2) is 5.13 Å². The largest absolute Gasteiger partial charge is 0.390 e. The SMILES string of the molecule is CC(C)C[C@H](O)[C@H](O)[C@H](CC1CCCCC1)N(CC1CCCCC1)C(=O)[C@@H](CC(=O)NCC(=O)N1CCOCC1)Cc1csc(N)n1. The van der Waals surface area contributed by atoms with Crippen LogP contribution in [0.5, 0.6) is 0 Å². The summed E-state index contributed by atoms with van der Waals surface area (Å²) in [7, 11) is 0. The number of aromatic nitrogens is 1. The molecule has 0 spiro atoms. The van der Waals surface area contributed by atoms with E-state index in [4.69, 9.17) is 10.5 Å². The van der Waals surface area contributed by atoms with Gasteiger partial charge in [-0.2, -0.15) is 0 Å². The number of ether oxygens (including phenoxy) is 1. The van der Waals surface area contributed by atoms with Crippen molar-refractivity contribution in [3.63, 3.8) is 0 Å². The molecular formula is C35H59N5O6S. The van der Waals surface area contributed by atoms with Gasteiger partial charge < -0.3 is 35.8 Å². The van der Waals surface area contributed by atoms with Crippen molar-refractivity contribution in [1.82, 2.24) is 20.1 Å². The number of anilines is 1. The van der Waals surface area contributed by atoms with E-state index in [-0.39, 0.29) is 43.0 Å². The first-order valence-corrected chi connectivity index (χ1v) is 19.0. The van der Waals surface area contributed by atoms with E-state index in [0.717, 1.165) is 51.4 Å². The van der Waals surface area contributed by atoms with Crippen LogP contribution in [0.15, 0.2) is 5.38 Å². The number of morpholine rings is 1. The number of aliphatic hydroxyl groups is 2. The summed E-state index contributed by atoms with van der Waals surface area (Å²) < 4.78 is 5.34. The lowest BCUT2D eigenvalue weighted by Crippen LogP contribution is -2.55. The Labute approximate surface area is 285 Å². The van der Waals surface area contributed by atoms with Crippen LogP contribution in [0.1, 0.15) is 103 Å². The highest BCUT2D eigenvalue weighted by atomic mass is 32.1. The summed E-state index contributed by atoms with van der Waals surface area (Å²) in [5, 5.41) is 28.1. The smallest absolute Gasteiger partial charge is 0.242 e. The number of thiazole rings is 1. The predicted molar refractivity (Wildman–Crippen MR) is 183 cm³/mol. The van der Waals surface area contributed by atoms with Gasteiger partial charge in [0.2, 0.25) is 17.7 Å². The van der Waals surface area contributed by atoms with E-state index in [2.05, 4.69) is 10.3 Å². The number of carbonyl (C=O) groups excluding carboxylic acids is 3. The van der Waals surface area contributed by atoms with Gasteiger partial charge in [0, 0.05) is 37.9 Å². The second-order valence-corrected chi connectivity index (χ2v) is 15.4. The lowest BCUT2D eigenvalue weighted by Gasteiger charge is -2.42. The monoisotopic (exact) mass is 677 g/mol. The zero-order chi connectivity index (χ0) is 33.8. The standard InChI is InChI=1S/C35H59N5O6S/c1-24(2)17-30(41)33(44)29(18-25-9-5-3-6-10-25)40(22-26-11-7-4-8-12-26)34(45)27(19-28-23-47-35(36)38-28)20-31(42)37-21-32(43)39-13-15-46-16-14-39/h23-27,29-30,33,41,44H,3-22H2,1-2H3,(H2,36,38)(H,37,42)/t27-,29+,30+,33-/m1/s1. The van der Waals surface area contributed by atoms with Crippen molar-refractivity contribution in [3.8, 4) is 0 Å². The average molecular weight is 678 g/mol. The molecule has 0 aromatic carbocycles. The van der Waals surface area contributed by atoms with Gasteiger partial charge in [-0.1, -0.05) is 65.2 Å². The molecule has 2 heterocycles. The Balaban J connectivity index is 1.60. The lowest BCUT2D eigenvalue weighted by molar-refractivity contribution is -0.147. The molecule has 4 rings (SSSR count). The Kier molecular flexibility index (Phi) is 15.2. The summed E-state index contributed by atoms with van der Waals surface area (Å²) in [5.41, 5.74) is 6.60. The number of amides is 3. The van der Waals surface area contributed by atoms with Gasteiger partial charge in [0.1, 0.15) is 6.10 Å². The number of nitrogens with one attached hydrogen (secondary N) is 1. The Morgan fingerprint density at radius 1 is 1.04 bits per heavy atom. The van der Waals surface area contributed by atoms with Gasteiger partial charge in [0.05, 0.1) is 43.5 Å². The molecule has 0 bridgehead atoms. The molecule has 47 heavy (non-hydrogen) atoms. The molecule has 1 aromatic heterocycles. The molecule has 1 aliphatic heterocycles. The fourth-order valence-electron chi connectivity index (χ4n) is 7.68. The Bertz CT molecular complexity index is 1120. The van der Waals surface area contributed by atoms with E-state index in [9.17, 15) is 24.6 Å². The van der Waals surface area contributed by atoms with Crippen molar-refractivity contribution in [3.05, 3.63) is 11.1 Å². The van der Waals surface area contributed by atoms with Crippen LogP contribution >= 0.6 is 11.3 Å². The molecular weight excluding hydrogens is 618 g/mol. The normalized spacial score (nSPS) is 20.8. The summed E-state index contributed by atoms with van der Waals surface area (Å²) in [6.07, 6.45) is 10.1. The Hall–Kier alpha value is -2.28. The maximum Gasteiger partial charge on any atom is 0.242 e. The third-order valence-corrected chi connectivity index (χ3v) is 11.0. The zero-order valence-corrected chi connectivity index (χ0v) is 29.4. The number of nitrogens with two attached hydrogens (primary N) is 1. The maximum atomic E-state index is 14.9. The highest BCUT2D eigenvalue weighted by Crippen LogP contribution is 2.34. The van der Waals surface area contributed by atoms with Gasteiger partial charge in [-0.05, 0) is 43.4 Å². The van der Waals surface area contributed by atoms with Crippen LogP contribution in [0, 0.1) is 23.7 Å². The fraction of sp³-hybridized carbons (Fsp3) is 0.829. The van der Waals surface area contributed by atoms with Crippen LogP contribution in [-0.4, -0.2) is 100 Å². The van der Waals surface area contributed by atoms with Crippen molar-refractivity contribution in [2.75, 3.05) is 45.1 Å². The first kappa shape index (κ1) is 37.5. The van der Waals surface area contributed by atoms with Gasteiger partial charge in [-0.15, -0.1) is 11.3 Å². The first-order valence-electron chi connectivity index (χ1n) is 18.1. The van der Waals surface area contributed by atoms with E-state index in [1.165, 1.54) is 24.2 Å². The Morgan fingerprint density at radius 3 is 2.28 bits per heavy atom. The summed E-state index contributed by atoms with van der Waals surface area (Å²) >= 11 is 1.30. The number of nitrogen functional groups attached to an aromatic ring is 1. The highest BCUT2D eigenvalue weighted by Gasteiger charge is 2.40. The molecule has 0 radical (unpaired) electrons. The number of carbonyl (C=O) groups is 3. The molecule has 2 saturated carbocycles. The molecule has 2 aliphatic carbocycles. The van der Waals surface area contributed by atoms with E-state index in [1.54, 1.807) is 4.90 Å². The quantitative estimate of drug-likeness (QED) is 0.206. The third kappa shape index (κ3) is 12.0. The minimum absolute atomic E-state index is 0.116. The van der Waals surface area contributed by atoms with Crippen LogP contribution < -0.4 is 11.1 Å². The van der Waals surface area contributed by atoms with E-state index < -0.39 is 24.2 Å². The number of hydrogen-bond acceptors (Lipinski definition) is 9. The fourth-order valence-corrected chi connectivity index (χ4v) is 8.25. The molecule has 1 saturated heterocycles. The van der Waals surface area contributed by atoms with Crippen molar-refractivity contribution < 1.29 is 29.3 Å². The van der Waals surface area contributed by atoms with E-state index in [1.807, 2.05) is 24.1 Å². The third-order valence-electron chi connectivity index (χ3n) is 10.3. The van der Waals surface area contributed by atoms with Crippen LogP contribution in [0.3, 0.4) is 0 Å². The molecule has 11 nitrogen and oxygen atoms in total. The van der Waals surface area contributed by atoms with Crippen molar-refractivity contribution in [2.24, 2.45) is 23.7 Å². The van der Waals surface area contributed by atoms with Crippen molar-refractivity contribution >= 4 is 34.2 Å². The molecule has 3 fully saturated rings. The first-order chi connectivity index (χ1) is 22.6. The van der Waals surface area contributed by atoms with Crippen LogP contribution in [0.4, 0.5) is 5.13 Å². The topological polar surface area (TPSA) is 158 Å². The van der Waals surface area contributed by atoms with Crippen molar-refractivity contribution in [1.29, 1.82) is 0 Å². The summed E-state index contributed by atoms with van der Waals surface area (Å²) in [4.78, 5) is 49.0. The molecule has 3 amide bonds. The number of rotatable bonds is 16. The molecule has 5 N–H and O–H groups in total. The molecule has 3 aliphatic rings. The van der Waals surface area contributed by atoms with Crippen LogP contribution in [0.2, 0.25) is 0 Å². The molecule has 4 atom stereocenters.